The van der Waals surface area contributed by atoms with Crippen molar-refractivity contribution in [1.29, 1.82) is 5.26 Å². The Morgan fingerprint density at radius 3 is 2.56 bits per heavy atom. The van der Waals surface area contributed by atoms with E-state index in [9.17, 15) is 14.9 Å². The van der Waals surface area contributed by atoms with E-state index in [4.69, 9.17) is 5.11 Å². The molecule has 2 heterocycles. The number of anilines is 1. The maximum absolute atomic E-state index is 12.0. The summed E-state index contributed by atoms with van der Waals surface area (Å²) in [5.41, 5.74) is 0.0136. The third-order valence-electron chi connectivity index (χ3n) is 3.68. The molecule has 9 nitrogen and oxygen atoms in total. The van der Waals surface area contributed by atoms with E-state index < -0.39 is 11.9 Å². The number of nitrogens with zero attached hydrogens (tertiary/aromatic N) is 5. The lowest BCUT2D eigenvalue weighted by atomic mass is 10.2. The Morgan fingerprint density at radius 2 is 1.96 bits per heavy atom. The molecule has 0 atom stereocenters. The average Bonchev–Trinajstić information content (AvgIpc) is 2.64. The first-order valence-corrected chi connectivity index (χ1v) is 7.98. The number of rotatable bonds is 7. The van der Waals surface area contributed by atoms with Crippen LogP contribution in [0.5, 0.6) is 0 Å². The van der Waals surface area contributed by atoms with Crippen LogP contribution < -0.4 is 10.2 Å². The zero-order valence-corrected chi connectivity index (χ0v) is 13.8. The molecule has 0 aromatic carbocycles. The Labute approximate surface area is 145 Å². The standard InChI is InChI=1S/C16H20N6O3/c17-11-13(15(25)18-4-1-3-14(23)24)12-21-7-9-22(10-8-21)16-19-5-2-6-20-16/h2,5-6,12H,1,3-4,7-10H2,(H,18,25)(H,23,24)/b13-12-. The largest absolute Gasteiger partial charge is 0.481 e. The molecule has 1 fully saturated rings. The molecule has 0 saturated carbocycles. The van der Waals surface area contributed by atoms with Gasteiger partial charge in [0.25, 0.3) is 5.91 Å². The summed E-state index contributed by atoms with van der Waals surface area (Å²) in [7, 11) is 0. The van der Waals surface area contributed by atoms with Crippen LogP contribution in [0.25, 0.3) is 0 Å². The number of hydrogen-bond donors (Lipinski definition) is 2. The highest BCUT2D eigenvalue weighted by Gasteiger charge is 2.18. The topological polar surface area (TPSA) is 122 Å². The first kappa shape index (κ1) is 18.2. The third kappa shape index (κ3) is 5.76. The lowest BCUT2D eigenvalue weighted by molar-refractivity contribution is -0.137. The van der Waals surface area contributed by atoms with Gasteiger partial charge in [0, 0.05) is 57.7 Å². The molecule has 2 N–H and O–H groups in total. The molecule has 0 aliphatic carbocycles. The smallest absolute Gasteiger partial charge is 0.303 e. The molecule has 1 amide bonds. The van der Waals surface area contributed by atoms with Crippen LogP contribution >= 0.6 is 0 Å². The number of aliphatic carboxylic acids is 1. The van der Waals surface area contributed by atoms with Crippen molar-refractivity contribution in [2.45, 2.75) is 12.8 Å². The molecule has 0 radical (unpaired) electrons. The first-order chi connectivity index (χ1) is 12.1. The van der Waals surface area contributed by atoms with Crippen molar-refractivity contribution in [3.05, 3.63) is 30.2 Å². The van der Waals surface area contributed by atoms with Gasteiger partial charge in [0.05, 0.1) is 0 Å². The second kappa shape index (κ2) is 9.22. The molecule has 1 aromatic heterocycles. The molecule has 0 unspecified atom stereocenters. The molecule has 25 heavy (non-hydrogen) atoms. The molecular weight excluding hydrogens is 324 g/mol. The molecule has 132 valence electrons. The quantitative estimate of drug-likeness (QED) is 0.402. The number of amides is 1. The van der Waals surface area contributed by atoms with E-state index in [0.29, 0.717) is 38.5 Å². The van der Waals surface area contributed by atoms with Crippen LogP contribution in [0.3, 0.4) is 0 Å². The van der Waals surface area contributed by atoms with Gasteiger partial charge >= 0.3 is 5.97 Å². The number of carboxylic acids is 1. The number of hydrogen-bond acceptors (Lipinski definition) is 7. The van der Waals surface area contributed by atoms with Gasteiger partial charge in [-0.25, -0.2) is 9.97 Å². The summed E-state index contributed by atoms with van der Waals surface area (Å²) in [6, 6.07) is 3.66. The Bertz CT molecular complexity index is 662. The van der Waals surface area contributed by atoms with Gasteiger partial charge in [-0.1, -0.05) is 0 Å². The van der Waals surface area contributed by atoms with Crippen molar-refractivity contribution >= 4 is 17.8 Å². The van der Waals surface area contributed by atoms with E-state index in [0.717, 1.165) is 0 Å². The van der Waals surface area contributed by atoms with Gasteiger partial charge in [-0.05, 0) is 12.5 Å². The van der Waals surface area contributed by atoms with Gasteiger partial charge in [0.1, 0.15) is 11.6 Å². The van der Waals surface area contributed by atoms with E-state index in [-0.39, 0.29) is 18.5 Å². The molecule has 9 heteroatoms. The van der Waals surface area contributed by atoms with Crippen molar-refractivity contribution in [2.75, 3.05) is 37.6 Å². The Kier molecular flexibility index (Phi) is 6.71. The van der Waals surface area contributed by atoms with Crippen molar-refractivity contribution < 1.29 is 14.7 Å². The van der Waals surface area contributed by atoms with Gasteiger partial charge in [0.2, 0.25) is 5.95 Å². The minimum absolute atomic E-state index is 0.0136. The number of piperazine rings is 1. The molecule has 1 aliphatic heterocycles. The summed E-state index contributed by atoms with van der Waals surface area (Å²) in [6.45, 7) is 2.91. The molecule has 0 spiro atoms. The minimum Gasteiger partial charge on any atom is -0.481 e. The average molecular weight is 344 g/mol. The Hall–Kier alpha value is -3.15. The number of carboxylic acid groups (broad SMARTS) is 1. The van der Waals surface area contributed by atoms with E-state index in [1.165, 1.54) is 0 Å². The van der Waals surface area contributed by atoms with Gasteiger partial charge in [0.15, 0.2) is 0 Å². The van der Waals surface area contributed by atoms with Crippen LogP contribution in [0, 0.1) is 11.3 Å². The fourth-order valence-corrected chi connectivity index (χ4v) is 2.36. The van der Waals surface area contributed by atoms with Crippen molar-refractivity contribution in [3.8, 4) is 6.07 Å². The minimum atomic E-state index is -0.912. The van der Waals surface area contributed by atoms with Crippen molar-refractivity contribution in [1.82, 2.24) is 20.2 Å². The van der Waals surface area contributed by atoms with Gasteiger partial charge in [-0.15, -0.1) is 0 Å². The predicted molar refractivity (Wildman–Crippen MR) is 89.4 cm³/mol. The third-order valence-corrected chi connectivity index (χ3v) is 3.68. The van der Waals surface area contributed by atoms with E-state index in [2.05, 4.69) is 15.3 Å². The van der Waals surface area contributed by atoms with Crippen molar-refractivity contribution in [2.24, 2.45) is 0 Å². The van der Waals surface area contributed by atoms with Gasteiger partial charge < -0.3 is 20.2 Å². The summed E-state index contributed by atoms with van der Waals surface area (Å²) >= 11 is 0. The van der Waals surface area contributed by atoms with E-state index >= 15 is 0 Å². The SMILES string of the molecule is N#C/C(=C/N1CCN(c2ncccn2)CC1)C(=O)NCCCC(=O)O. The highest BCUT2D eigenvalue weighted by atomic mass is 16.4. The summed E-state index contributed by atoms with van der Waals surface area (Å²) in [5.74, 6) is -0.727. The van der Waals surface area contributed by atoms with E-state index in [1.807, 2.05) is 15.9 Å². The zero-order valence-electron chi connectivity index (χ0n) is 13.8. The van der Waals surface area contributed by atoms with Gasteiger partial charge in [-0.2, -0.15) is 5.26 Å². The van der Waals surface area contributed by atoms with Crippen LogP contribution in [-0.4, -0.2) is 64.6 Å². The molecule has 2 rings (SSSR count). The molecule has 0 bridgehead atoms. The molecular formula is C16H20N6O3. The maximum Gasteiger partial charge on any atom is 0.303 e. The second-order valence-corrected chi connectivity index (χ2v) is 5.48. The Balaban J connectivity index is 1.83. The Morgan fingerprint density at radius 1 is 1.28 bits per heavy atom. The number of carbonyl (C=O) groups excluding carboxylic acids is 1. The zero-order chi connectivity index (χ0) is 18.1. The summed E-state index contributed by atoms with van der Waals surface area (Å²) in [6.07, 6.45) is 5.24. The van der Waals surface area contributed by atoms with Crippen LogP contribution in [0.4, 0.5) is 5.95 Å². The summed E-state index contributed by atoms with van der Waals surface area (Å²) in [4.78, 5) is 34.8. The van der Waals surface area contributed by atoms with Crippen LogP contribution in [0.2, 0.25) is 0 Å². The van der Waals surface area contributed by atoms with Crippen molar-refractivity contribution in [3.63, 3.8) is 0 Å². The predicted octanol–water partition coefficient (Wildman–Crippen LogP) is -0.0129. The number of carbonyl (C=O) groups is 2. The summed E-state index contributed by atoms with van der Waals surface area (Å²) < 4.78 is 0. The first-order valence-electron chi connectivity index (χ1n) is 7.98. The van der Waals surface area contributed by atoms with Crippen LogP contribution in [0.15, 0.2) is 30.2 Å². The van der Waals surface area contributed by atoms with Gasteiger partial charge in [-0.3, -0.25) is 9.59 Å². The fraction of sp³-hybridized carbons (Fsp3) is 0.438. The lowest BCUT2D eigenvalue weighted by Gasteiger charge is -2.34. The fourth-order valence-electron chi connectivity index (χ4n) is 2.36. The van der Waals surface area contributed by atoms with E-state index in [1.54, 1.807) is 24.7 Å². The maximum atomic E-state index is 12.0. The van der Waals surface area contributed by atoms with Crippen LogP contribution in [-0.2, 0) is 9.59 Å². The second-order valence-electron chi connectivity index (χ2n) is 5.48. The van der Waals surface area contributed by atoms with Crippen LogP contribution in [0.1, 0.15) is 12.8 Å². The lowest BCUT2D eigenvalue weighted by Crippen LogP contribution is -2.45. The molecule has 1 aromatic rings. The monoisotopic (exact) mass is 344 g/mol. The highest BCUT2D eigenvalue weighted by molar-refractivity contribution is 5.97. The number of aromatic nitrogens is 2. The molecule has 1 saturated heterocycles. The molecule has 1 aliphatic rings. The normalized spacial score (nSPS) is 14.8. The summed E-state index contributed by atoms with van der Waals surface area (Å²) in [5, 5.41) is 20.3. The number of nitriles is 1. The number of nitrogens with one attached hydrogen (secondary N) is 1. The highest BCUT2D eigenvalue weighted by Crippen LogP contribution is 2.10.